The molecule has 0 heterocycles. The lowest BCUT2D eigenvalue weighted by molar-refractivity contribution is -0.136. The van der Waals surface area contributed by atoms with E-state index >= 15 is 0 Å². The number of hydrogen-bond donors (Lipinski definition) is 0. The van der Waals surface area contributed by atoms with Crippen molar-refractivity contribution in [1.29, 1.82) is 0 Å². The Morgan fingerprint density at radius 2 is 1.36 bits per heavy atom. The van der Waals surface area contributed by atoms with Crippen LogP contribution in [0.25, 0.3) is 0 Å². The molecule has 3 heteroatoms. The molecule has 0 saturated carbocycles. The molecule has 0 aliphatic heterocycles. The highest BCUT2D eigenvalue weighted by Gasteiger charge is 2.01. The molecule has 0 atom stereocenters. The molecule has 0 N–H and O–H groups in total. The summed E-state index contributed by atoms with van der Waals surface area (Å²) >= 11 is 2.94. The van der Waals surface area contributed by atoms with Crippen LogP contribution in [-0.4, -0.2) is 25.3 Å². The van der Waals surface area contributed by atoms with Gasteiger partial charge in [0.25, 0.3) is 0 Å². The summed E-state index contributed by atoms with van der Waals surface area (Å²) < 4.78 is 10.4. The van der Waals surface area contributed by atoms with Crippen molar-refractivity contribution in [1.82, 2.24) is 0 Å². The van der Waals surface area contributed by atoms with Gasteiger partial charge in [-0.1, -0.05) is 22.9 Å². The second-order valence-corrected chi connectivity index (χ2v) is 1.75. The summed E-state index contributed by atoms with van der Waals surface area (Å²) in [6.07, 6.45) is 0.946. The van der Waals surface area contributed by atoms with Crippen LogP contribution in [0.5, 0.6) is 0 Å². The van der Waals surface area contributed by atoms with Crippen molar-refractivity contribution in [3.05, 3.63) is 0 Å². The van der Waals surface area contributed by atoms with Gasteiger partial charge < -0.3 is 9.47 Å². The molecule has 0 radical (unpaired) electrons. The normalized spacial score (nSPS) is 9.27. The van der Waals surface area contributed by atoms with Gasteiger partial charge in [0.1, 0.15) is 0 Å². The molecular formula is C8H19BrO2. The summed E-state index contributed by atoms with van der Waals surface area (Å²) in [7, 11) is 0. The van der Waals surface area contributed by atoms with Gasteiger partial charge in [-0.2, -0.15) is 0 Å². The Hall–Kier alpha value is 0.400. The van der Waals surface area contributed by atoms with Crippen LogP contribution in [0.15, 0.2) is 0 Å². The van der Waals surface area contributed by atoms with Crippen LogP contribution < -0.4 is 0 Å². The number of alkyl halides is 1. The Morgan fingerprint density at radius 1 is 1.00 bits per heavy atom. The monoisotopic (exact) mass is 226 g/mol. The summed E-state index contributed by atoms with van der Waals surface area (Å²) in [6.45, 7) is 7.47. The summed E-state index contributed by atoms with van der Waals surface area (Å²) in [5.74, 6) is 1.81. The van der Waals surface area contributed by atoms with Crippen LogP contribution in [0.1, 0.15) is 27.2 Å². The van der Waals surface area contributed by atoms with Crippen LogP contribution in [0.3, 0.4) is 0 Å². The van der Waals surface area contributed by atoms with E-state index in [2.05, 4.69) is 22.9 Å². The SMILES string of the molecule is CBr.CCOC(CC)OCC. The Morgan fingerprint density at radius 3 is 1.55 bits per heavy atom. The molecule has 0 rings (SSSR count). The van der Waals surface area contributed by atoms with Crippen molar-refractivity contribution in [2.24, 2.45) is 0 Å². The Kier molecular flexibility index (Phi) is 16.5. The molecule has 0 aromatic carbocycles. The first-order valence-electron chi connectivity index (χ1n) is 3.96. The van der Waals surface area contributed by atoms with Crippen molar-refractivity contribution in [3.63, 3.8) is 0 Å². The van der Waals surface area contributed by atoms with E-state index in [1.165, 1.54) is 0 Å². The Balaban J connectivity index is 0. The highest BCUT2D eigenvalue weighted by Crippen LogP contribution is 1.98. The fourth-order valence-corrected chi connectivity index (χ4v) is 0.656. The average molecular weight is 227 g/mol. The molecule has 0 unspecified atom stereocenters. The maximum atomic E-state index is 5.21. The number of rotatable bonds is 5. The highest BCUT2D eigenvalue weighted by atomic mass is 79.9. The molecule has 0 aromatic rings. The fourth-order valence-electron chi connectivity index (χ4n) is 0.656. The number of ether oxygens (including phenoxy) is 2. The van der Waals surface area contributed by atoms with Crippen LogP contribution in [0, 0.1) is 0 Å². The Bertz CT molecular complexity index is 54.1. The second kappa shape index (κ2) is 13.0. The molecule has 0 fully saturated rings. The van der Waals surface area contributed by atoms with Crippen LogP contribution in [-0.2, 0) is 9.47 Å². The third-order valence-electron chi connectivity index (χ3n) is 1.04. The first-order chi connectivity index (χ1) is 5.35. The van der Waals surface area contributed by atoms with Gasteiger partial charge in [-0.15, -0.1) is 0 Å². The molecule has 70 valence electrons. The van der Waals surface area contributed by atoms with Gasteiger partial charge >= 0.3 is 0 Å². The van der Waals surface area contributed by atoms with Gasteiger partial charge in [-0.3, -0.25) is 0 Å². The van der Waals surface area contributed by atoms with Gasteiger partial charge in [0.05, 0.1) is 0 Å². The van der Waals surface area contributed by atoms with Crippen molar-refractivity contribution in [3.8, 4) is 0 Å². The lowest BCUT2D eigenvalue weighted by Gasteiger charge is -2.13. The third-order valence-corrected chi connectivity index (χ3v) is 1.04. The van der Waals surface area contributed by atoms with Crippen molar-refractivity contribution < 1.29 is 9.47 Å². The largest absolute Gasteiger partial charge is 0.353 e. The summed E-state index contributed by atoms with van der Waals surface area (Å²) in [6, 6.07) is 0. The van der Waals surface area contributed by atoms with Gasteiger partial charge in [0, 0.05) is 13.2 Å². The van der Waals surface area contributed by atoms with Gasteiger partial charge in [0.15, 0.2) is 6.29 Å². The van der Waals surface area contributed by atoms with Crippen LogP contribution >= 0.6 is 15.9 Å². The van der Waals surface area contributed by atoms with Gasteiger partial charge in [0.2, 0.25) is 0 Å². The van der Waals surface area contributed by atoms with E-state index in [1.54, 1.807) is 0 Å². The van der Waals surface area contributed by atoms with E-state index in [1.807, 2.05) is 19.7 Å². The minimum Gasteiger partial charge on any atom is -0.353 e. The zero-order valence-electron chi connectivity index (χ0n) is 7.89. The molecule has 0 bridgehead atoms. The van der Waals surface area contributed by atoms with Crippen molar-refractivity contribution in [2.75, 3.05) is 19.0 Å². The highest BCUT2D eigenvalue weighted by molar-refractivity contribution is 9.08. The summed E-state index contributed by atoms with van der Waals surface area (Å²) in [4.78, 5) is 0. The van der Waals surface area contributed by atoms with E-state index in [0.29, 0.717) is 0 Å². The lowest BCUT2D eigenvalue weighted by Crippen LogP contribution is -2.15. The molecular weight excluding hydrogens is 208 g/mol. The predicted octanol–water partition coefficient (Wildman–Crippen LogP) is 2.81. The minimum absolute atomic E-state index is 0.0139. The standard InChI is InChI=1S/C7H16O2.CH3Br/c1-4-7(8-5-2)9-6-3;1-2/h7H,4-6H2,1-3H3;1H3. The predicted molar refractivity (Wildman–Crippen MR) is 52.2 cm³/mol. The zero-order chi connectivity index (χ0) is 9.11. The van der Waals surface area contributed by atoms with Gasteiger partial charge in [-0.25, -0.2) is 0 Å². The summed E-state index contributed by atoms with van der Waals surface area (Å²) in [5, 5.41) is 0. The smallest absolute Gasteiger partial charge is 0.157 e. The van der Waals surface area contributed by atoms with E-state index in [-0.39, 0.29) is 6.29 Å². The van der Waals surface area contributed by atoms with Crippen LogP contribution in [0.2, 0.25) is 0 Å². The first kappa shape index (κ1) is 14.0. The van der Waals surface area contributed by atoms with Crippen LogP contribution in [0.4, 0.5) is 0 Å². The number of halogens is 1. The zero-order valence-corrected chi connectivity index (χ0v) is 9.48. The van der Waals surface area contributed by atoms with E-state index in [4.69, 9.17) is 9.47 Å². The molecule has 11 heavy (non-hydrogen) atoms. The quantitative estimate of drug-likeness (QED) is 0.531. The molecule has 0 aromatic heterocycles. The van der Waals surface area contributed by atoms with Gasteiger partial charge in [-0.05, 0) is 26.1 Å². The van der Waals surface area contributed by atoms with E-state index in [9.17, 15) is 0 Å². The third kappa shape index (κ3) is 10.4. The molecule has 0 saturated heterocycles. The molecule has 0 amide bonds. The lowest BCUT2D eigenvalue weighted by atomic mass is 10.5. The Labute approximate surface area is 78.4 Å². The first-order valence-corrected chi connectivity index (χ1v) is 5.54. The number of hydrogen-bond acceptors (Lipinski definition) is 2. The molecule has 0 aliphatic carbocycles. The van der Waals surface area contributed by atoms with Crippen molar-refractivity contribution in [2.45, 2.75) is 33.5 Å². The maximum absolute atomic E-state index is 5.21. The van der Waals surface area contributed by atoms with Crippen molar-refractivity contribution >= 4 is 15.9 Å². The topological polar surface area (TPSA) is 18.5 Å². The fraction of sp³-hybridized carbons (Fsp3) is 1.00. The second-order valence-electron chi connectivity index (χ2n) is 1.75. The molecule has 0 aliphatic rings. The average Bonchev–Trinajstić information content (AvgIpc) is 2.08. The van der Waals surface area contributed by atoms with E-state index in [0.717, 1.165) is 19.6 Å². The molecule has 2 nitrogen and oxygen atoms in total. The molecule has 0 spiro atoms. The minimum atomic E-state index is 0.0139. The maximum Gasteiger partial charge on any atom is 0.157 e. The van der Waals surface area contributed by atoms with E-state index < -0.39 is 0 Å². The summed E-state index contributed by atoms with van der Waals surface area (Å²) in [5.41, 5.74) is 0.